The quantitative estimate of drug-likeness (QED) is 0.588. The molecule has 2 N–H and O–H groups in total. The Hall–Kier alpha value is -1.35. The molecule has 5 rings (SSSR count). The van der Waals surface area contributed by atoms with Crippen LogP contribution in [0.4, 0.5) is 5.69 Å². The topological polar surface area (TPSA) is 49.3 Å². The van der Waals surface area contributed by atoms with Crippen LogP contribution in [0.3, 0.4) is 0 Å². The molecule has 0 heterocycles. The molecule has 4 aliphatic carbocycles. The number of benzene rings is 1. The van der Waals surface area contributed by atoms with Crippen molar-refractivity contribution in [1.29, 1.82) is 0 Å². The molecule has 170 valence electrons. The molecule has 1 aromatic rings. The average molecular weight is 424 g/mol. The standard InChI is InChI=1S/C28H41NO2/c1-18-15-26-22-13-14-28(2,31)17-20(22)11-12-24(26)23-10-6-7-19(16-25(18)23)27(30)29-21-8-4-3-5-9-21/h3-5,8-9,18-20,22-26,31H,6-7,10-17H2,1-2H3,(H,29,30)/t18-,19-,20+,22-,23+,24+,25+,26+,28+/m0/s1. The van der Waals surface area contributed by atoms with E-state index >= 15 is 0 Å². The minimum Gasteiger partial charge on any atom is -0.390 e. The van der Waals surface area contributed by atoms with Crippen LogP contribution in [0, 0.1) is 47.3 Å². The second-order valence-corrected chi connectivity index (χ2v) is 11.8. The lowest BCUT2D eigenvalue weighted by molar-refractivity contribution is -0.121. The van der Waals surface area contributed by atoms with E-state index in [2.05, 4.69) is 19.2 Å². The van der Waals surface area contributed by atoms with Crippen molar-refractivity contribution in [3.8, 4) is 0 Å². The van der Waals surface area contributed by atoms with Crippen LogP contribution in [0.2, 0.25) is 0 Å². The third-order valence-electron chi connectivity index (χ3n) is 9.83. The fourth-order valence-corrected chi connectivity index (χ4v) is 8.46. The first-order chi connectivity index (χ1) is 14.9. The number of hydrogen-bond donors (Lipinski definition) is 2. The molecule has 4 fully saturated rings. The number of carbonyl (C=O) groups excluding carboxylic acids is 1. The molecule has 0 unspecified atom stereocenters. The summed E-state index contributed by atoms with van der Waals surface area (Å²) in [6.07, 6.45) is 11.9. The Morgan fingerprint density at radius 1 is 0.935 bits per heavy atom. The predicted molar refractivity (Wildman–Crippen MR) is 125 cm³/mol. The molecule has 31 heavy (non-hydrogen) atoms. The molecule has 4 saturated carbocycles. The van der Waals surface area contributed by atoms with Crippen molar-refractivity contribution in [2.24, 2.45) is 47.3 Å². The molecule has 9 atom stereocenters. The summed E-state index contributed by atoms with van der Waals surface area (Å²) in [5.74, 6) is 5.94. The predicted octanol–water partition coefficient (Wildman–Crippen LogP) is 6.28. The van der Waals surface area contributed by atoms with Crippen LogP contribution in [-0.4, -0.2) is 16.6 Å². The van der Waals surface area contributed by atoms with Crippen molar-refractivity contribution in [1.82, 2.24) is 0 Å². The Morgan fingerprint density at radius 3 is 2.52 bits per heavy atom. The van der Waals surface area contributed by atoms with E-state index in [0.29, 0.717) is 5.92 Å². The monoisotopic (exact) mass is 423 g/mol. The van der Waals surface area contributed by atoms with Gasteiger partial charge in [-0.15, -0.1) is 0 Å². The van der Waals surface area contributed by atoms with Crippen molar-refractivity contribution < 1.29 is 9.90 Å². The van der Waals surface area contributed by atoms with Gasteiger partial charge in [0.15, 0.2) is 0 Å². The van der Waals surface area contributed by atoms with Gasteiger partial charge in [0.05, 0.1) is 5.60 Å². The van der Waals surface area contributed by atoms with Gasteiger partial charge in [0.25, 0.3) is 0 Å². The number of anilines is 1. The normalized spacial score (nSPS) is 44.9. The maximum atomic E-state index is 13.1. The minimum atomic E-state index is -0.432. The second-order valence-electron chi connectivity index (χ2n) is 11.8. The zero-order chi connectivity index (χ0) is 21.6. The Morgan fingerprint density at radius 2 is 1.71 bits per heavy atom. The SMILES string of the molecule is C[C@H]1C[C@H]2[C@H](CC[C@@H]3C[C@](C)(O)CC[C@@H]32)[C@H]2CCC[C@H](C(=O)Nc3ccccc3)C[C@@H]21. The fraction of sp³-hybridized carbons (Fsp3) is 0.750. The lowest BCUT2D eigenvalue weighted by atomic mass is 9.49. The van der Waals surface area contributed by atoms with Crippen LogP contribution in [0.5, 0.6) is 0 Å². The van der Waals surface area contributed by atoms with Crippen LogP contribution >= 0.6 is 0 Å². The van der Waals surface area contributed by atoms with E-state index in [1.807, 2.05) is 30.3 Å². The van der Waals surface area contributed by atoms with Gasteiger partial charge >= 0.3 is 0 Å². The van der Waals surface area contributed by atoms with Crippen LogP contribution in [0.1, 0.15) is 78.1 Å². The number of nitrogens with one attached hydrogen (secondary N) is 1. The van der Waals surface area contributed by atoms with E-state index in [-0.39, 0.29) is 11.8 Å². The molecule has 0 aromatic heterocycles. The highest BCUT2D eigenvalue weighted by atomic mass is 16.3. The number of para-hydroxylation sites is 1. The number of aliphatic hydroxyl groups is 1. The molecule has 1 amide bonds. The number of fused-ring (bicyclic) bond motifs is 5. The van der Waals surface area contributed by atoms with Crippen molar-refractivity contribution in [2.45, 2.75) is 83.7 Å². The maximum absolute atomic E-state index is 13.1. The summed E-state index contributed by atoms with van der Waals surface area (Å²) in [5.41, 5.74) is 0.495. The number of carbonyl (C=O) groups is 1. The Labute approximate surface area is 188 Å². The van der Waals surface area contributed by atoms with E-state index < -0.39 is 5.60 Å². The van der Waals surface area contributed by atoms with Gasteiger partial charge in [0, 0.05) is 11.6 Å². The first-order valence-corrected chi connectivity index (χ1v) is 13.0. The fourth-order valence-electron chi connectivity index (χ4n) is 8.46. The first kappa shape index (κ1) is 21.5. The summed E-state index contributed by atoms with van der Waals surface area (Å²) in [6, 6.07) is 9.96. The molecule has 0 aliphatic heterocycles. The first-order valence-electron chi connectivity index (χ1n) is 13.0. The highest BCUT2D eigenvalue weighted by molar-refractivity contribution is 5.92. The Balaban J connectivity index is 1.29. The van der Waals surface area contributed by atoms with Gasteiger partial charge < -0.3 is 10.4 Å². The molecule has 4 aliphatic rings. The summed E-state index contributed by atoms with van der Waals surface area (Å²) in [5, 5.41) is 13.8. The van der Waals surface area contributed by atoms with Gasteiger partial charge in [-0.25, -0.2) is 0 Å². The van der Waals surface area contributed by atoms with E-state index in [0.717, 1.165) is 66.9 Å². The summed E-state index contributed by atoms with van der Waals surface area (Å²) < 4.78 is 0. The van der Waals surface area contributed by atoms with E-state index in [1.165, 1.54) is 38.5 Å². The molecule has 0 saturated heterocycles. The third kappa shape index (κ3) is 4.32. The lowest BCUT2D eigenvalue weighted by Gasteiger charge is -2.56. The smallest absolute Gasteiger partial charge is 0.227 e. The number of rotatable bonds is 2. The Kier molecular flexibility index (Phi) is 5.92. The molecule has 3 nitrogen and oxygen atoms in total. The van der Waals surface area contributed by atoms with E-state index in [4.69, 9.17) is 0 Å². The number of hydrogen-bond acceptors (Lipinski definition) is 2. The zero-order valence-electron chi connectivity index (χ0n) is 19.4. The van der Waals surface area contributed by atoms with Crippen molar-refractivity contribution in [3.63, 3.8) is 0 Å². The third-order valence-corrected chi connectivity index (χ3v) is 9.83. The van der Waals surface area contributed by atoms with Crippen LogP contribution in [0.25, 0.3) is 0 Å². The minimum absolute atomic E-state index is 0.162. The summed E-state index contributed by atoms with van der Waals surface area (Å²) in [6.45, 7) is 4.54. The van der Waals surface area contributed by atoms with Crippen molar-refractivity contribution in [2.75, 3.05) is 5.32 Å². The van der Waals surface area contributed by atoms with Gasteiger partial charge in [-0.2, -0.15) is 0 Å². The van der Waals surface area contributed by atoms with Crippen molar-refractivity contribution in [3.05, 3.63) is 30.3 Å². The zero-order valence-corrected chi connectivity index (χ0v) is 19.4. The highest BCUT2D eigenvalue weighted by Crippen LogP contribution is 2.59. The molecular weight excluding hydrogens is 382 g/mol. The van der Waals surface area contributed by atoms with Gasteiger partial charge in [-0.3, -0.25) is 4.79 Å². The summed E-state index contributed by atoms with van der Waals surface area (Å²) in [4.78, 5) is 13.1. The van der Waals surface area contributed by atoms with Crippen molar-refractivity contribution >= 4 is 11.6 Å². The van der Waals surface area contributed by atoms with Gasteiger partial charge in [0.2, 0.25) is 5.91 Å². The van der Waals surface area contributed by atoms with Gasteiger partial charge in [0.1, 0.15) is 0 Å². The van der Waals surface area contributed by atoms with Crippen LogP contribution < -0.4 is 5.32 Å². The molecular formula is C28H41NO2. The average Bonchev–Trinajstić information content (AvgIpc) is 2.97. The van der Waals surface area contributed by atoms with E-state index in [1.54, 1.807) is 0 Å². The van der Waals surface area contributed by atoms with Crippen LogP contribution in [0.15, 0.2) is 30.3 Å². The summed E-state index contributed by atoms with van der Waals surface area (Å²) in [7, 11) is 0. The summed E-state index contributed by atoms with van der Waals surface area (Å²) >= 11 is 0. The van der Waals surface area contributed by atoms with Gasteiger partial charge in [-0.1, -0.05) is 31.5 Å². The molecule has 1 aromatic carbocycles. The van der Waals surface area contributed by atoms with E-state index in [9.17, 15) is 9.90 Å². The highest BCUT2D eigenvalue weighted by Gasteiger charge is 2.52. The maximum Gasteiger partial charge on any atom is 0.227 e. The molecule has 0 bridgehead atoms. The molecule has 0 radical (unpaired) electrons. The number of amides is 1. The van der Waals surface area contributed by atoms with Crippen LogP contribution in [-0.2, 0) is 4.79 Å². The van der Waals surface area contributed by atoms with Gasteiger partial charge in [-0.05, 0) is 118 Å². The second kappa shape index (κ2) is 8.54. The molecule has 0 spiro atoms. The largest absolute Gasteiger partial charge is 0.390 e. The Bertz CT molecular complexity index is 774. The lowest BCUT2D eigenvalue weighted by Crippen LogP contribution is -2.50. The molecule has 3 heteroatoms.